The number of carbonyl (C=O) groups excluding carboxylic acids is 1. The lowest BCUT2D eigenvalue weighted by Gasteiger charge is -2.25. The number of fused-ring (bicyclic) bond motifs is 1. The number of benzene rings is 2. The van der Waals surface area contributed by atoms with Crippen LogP contribution in [-0.4, -0.2) is 54.0 Å². The van der Waals surface area contributed by atoms with Crippen molar-refractivity contribution in [1.82, 2.24) is 20.2 Å². The molecule has 1 aliphatic heterocycles. The second-order valence-electron chi connectivity index (χ2n) is 8.12. The predicted molar refractivity (Wildman–Crippen MR) is 122 cm³/mol. The van der Waals surface area contributed by atoms with Gasteiger partial charge in [-0.05, 0) is 75.8 Å². The van der Waals surface area contributed by atoms with Crippen LogP contribution in [0.4, 0.5) is 5.69 Å². The third-order valence-electron chi connectivity index (χ3n) is 5.74. The van der Waals surface area contributed by atoms with Gasteiger partial charge >= 0.3 is 0 Å². The van der Waals surface area contributed by atoms with Gasteiger partial charge in [-0.2, -0.15) is 0 Å². The van der Waals surface area contributed by atoms with Crippen LogP contribution in [0.5, 0.6) is 0 Å². The van der Waals surface area contributed by atoms with Crippen LogP contribution in [-0.2, 0) is 0 Å². The first-order valence-electron chi connectivity index (χ1n) is 10.4. The van der Waals surface area contributed by atoms with Gasteiger partial charge < -0.3 is 20.1 Å². The minimum absolute atomic E-state index is 0.105. The molecule has 0 bridgehead atoms. The Hall–Kier alpha value is -2.57. The number of likely N-dealkylation sites (N-methyl/N-ethyl adjacent to an activating group) is 1. The first-order valence-corrected chi connectivity index (χ1v) is 10.8. The fourth-order valence-electron chi connectivity index (χ4n) is 3.99. The molecule has 0 aliphatic carbocycles. The van der Waals surface area contributed by atoms with E-state index in [0.717, 1.165) is 49.2 Å². The number of anilines is 1. The van der Waals surface area contributed by atoms with Gasteiger partial charge in [-0.1, -0.05) is 11.6 Å². The molecule has 2 N–H and O–H groups in total. The maximum Gasteiger partial charge on any atom is 0.251 e. The molecule has 3 aromatic rings. The Balaban J connectivity index is 1.46. The van der Waals surface area contributed by atoms with E-state index >= 15 is 0 Å². The summed E-state index contributed by atoms with van der Waals surface area (Å²) < 4.78 is 0. The summed E-state index contributed by atoms with van der Waals surface area (Å²) in [7, 11) is 2.17. The number of imidazole rings is 1. The van der Waals surface area contributed by atoms with Gasteiger partial charge in [0.25, 0.3) is 5.91 Å². The molecule has 6 nitrogen and oxygen atoms in total. The lowest BCUT2D eigenvalue weighted by Crippen LogP contribution is -2.30. The van der Waals surface area contributed by atoms with E-state index in [-0.39, 0.29) is 11.9 Å². The summed E-state index contributed by atoms with van der Waals surface area (Å²) in [5, 5.41) is 3.70. The average molecular weight is 426 g/mol. The van der Waals surface area contributed by atoms with Crippen LogP contribution < -0.4 is 10.2 Å². The maximum absolute atomic E-state index is 12.8. The quantitative estimate of drug-likeness (QED) is 0.658. The maximum atomic E-state index is 12.8. The molecule has 1 atom stereocenters. The number of nitrogens with zero attached hydrogens (tertiary/aromatic N) is 3. The van der Waals surface area contributed by atoms with Crippen LogP contribution in [0.15, 0.2) is 36.4 Å². The minimum Gasteiger partial charge on any atom is -0.370 e. The summed E-state index contributed by atoms with van der Waals surface area (Å²) in [5.74, 6) is 0.605. The van der Waals surface area contributed by atoms with E-state index < -0.39 is 0 Å². The summed E-state index contributed by atoms with van der Waals surface area (Å²) in [5.41, 5.74) is 4.69. The summed E-state index contributed by atoms with van der Waals surface area (Å²) in [6.45, 7) is 8.24. The molecule has 0 saturated carbocycles. The number of hydrogen-bond donors (Lipinski definition) is 2. The molecule has 4 rings (SSSR count). The number of carbonyl (C=O) groups is 1. The van der Waals surface area contributed by atoms with Crippen LogP contribution >= 0.6 is 11.6 Å². The molecule has 30 heavy (non-hydrogen) atoms. The first kappa shape index (κ1) is 20.7. The van der Waals surface area contributed by atoms with Gasteiger partial charge in [0.05, 0.1) is 17.1 Å². The summed E-state index contributed by atoms with van der Waals surface area (Å²) >= 11 is 6.05. The minimum atomic E-state index is -0.246. The van der Waals surface area contributed by atoms with Gasteiger partial charge in [0.1, 0.15) is 5.82 Å². The highest BCUT2D eigenvalue weighted by Crippen LogP contribution is 2.24. The second-order valence-corrected chi connectivity index (χ2v) is 8.56. The second kappa shape index (κ2) is 8.66. The smallest absolute Gasteiger partial charge is 0.251 e. The van der Waals surface area contributed by atoms with Crippen molar-refractivity contribution in [2.45, 2.75) is 26.3 Å². The fraction of sp³-hybridized carbons (Fsp3) is 0.391. The number of H-pyrrole nitrogens is 1. The molecule has 2 heterocycles. The number of aromatic nitrogens is 2. The zero-order valence-corrected chi connectivity index (χ0v) is 18.5. The van der Waals surface area contributed by atoms with Crippen molar-refractivity contribution < 1.29 is 4.79 Å². The zero-order valence-electron chi connectivity index (χ0n) is 17.7. The van der Waals surface area contributed by atoms with Crippen molar-refractivity contribution >= 4 is 34.2 Å². The van der Waals surface area contributed by atoms with Gasteiger partial charge in [0, 0.05) is 35.9 Å². The molecular formula is C23H28ClN5O. The van der Waals surface area contributed by atoms with Gasteiger partial charge in [-0.3, -0.25) is 4.79 Å². The lowest BCUT2D eigenvalue weighted by atomic mass is 10.1. The molecule has 0 radical (unpaired) electrons. The normalized spacial score (nSPS) is 16.5. The van der Waals surface area contributed by atoms with E-state index in [1.165, 1.54) is 5.69 Å². The third kappa shape index (κ3) is 4.45. The van der Waals surface area contributed by atoms with E-state index in [9.17, 15) is 4.79 Å². The SMILES string of the molecule is Cc1cc(C(=O)N[C@@H](C)c2nc3ccc(Cl)cc3[nH]2)ccc1N1CCCN(C)CC1. The Morgan fingerprint density at radius 1 is 1.17 bits per heavy atom. The van der Waals surface area contributed by atoms with Crippen molar-refractivity contribution in [3.8, 4) is 0 Å². The number of halogens is 1. The van der Waals surface area contributed by atoms with Gasteiger partial charge in [-0.15, -0.1) is 0 Å². The molecule has 1 aromatic heterocycles. The average Bonchev–Trinajstić information content (AvgIpc) is 3.02. The number of aryl methyl sites for hydroxylation is 1. The molecule has 1 amide bonds. The Kier molecular flexibility index (Phi) is 5.97. The van der Waals surface area contributed by atoms with Crippen molar-refractivity contribution in [2.75, 3.05) is 38.1 Å². The monoisotopic (exact) mass is 425 g/mol. The fourth-order valence-corrected chi connectivity index (χ4v) is 4.17. The van der Waals surface area contributed by atoms with Crippen LogP contribution in [0.25, 0.3) is 11.0 Å². The Morgan fingerprint density at radius 2 is 2.00 bits per heavy atom. The Labute approximate surface area is 182 Å². The zero-order chi connectivity index (χ0) is 21.3. The van der Waals surface area contributed by atoms with Crippen LogP contribution in [0.1, 0.15) is 41.1 Å². The number of amides is 1. The number of nitrogens with one attached hydrogen (secondary N) is 2. The molecule has 1 saturated heterocycles. The van der Waals surface area contributed by atoms with E-state index in [1.807, 2.05) is 37.3 Å². The largest absolute Gasteiger partial charge is 0.370 e. The molecule has 1 fully saturated rings. The Morgan fingerprint density at radius 3 is 2.80 bits per heavy atom. The summed E-state index contributed by atoms with van der Waals surface area (Å²) in [6, 6.07) is 11.2. The molecule has 0 spiro atoms. The first-order chi connectivity index (χ1) is 14.4. The molecule has 2 aromatic carbocycles. The van der Waals surface area contributed by atoms with Crippen molar-refractivity contribution in [2.24, 2.45) is 0 Å². The molecule has 158 valence electrons. The molecule has 0 unspecified atom stereocenters. The highest BCUT2D eigenvalue weighted by atomic mass is 35.5. The van der Waals surface area contributed by atoms with E-state index in [0.29, 0.717) is 16.4 Å². The molecule has 7 heteroatoms. The highest BCUT2D eigenvalue weighted by Gasteiger charge is 2.18. The van der Waals surface area contributed by atoms with Gasteiger partial charge in [0.2, 0.25) is 0 Å². The lowest BCUT2D eigenvalue weighted by molar-refractivity contribution is 0.0938. The van der Waals surface area contributed by atoms with E-state index in [2.05, 4.69) is 45.1 Å². The van der Waals surface area contributed by atoms with Crippen LogP contribution in [0, 0.1) is 6.92 Å². The number of hydrogen-bond acceptors (Lipinski definition) is 4. The van der Waals surface area contributed by atoms with Crippen LogP contribution in [0.2, 0.25) is 5.02 Å². The van der Waals surface area contributed by atoms with E-state index in [1.54, 1.807) is 0 Å². The van der Waals surface area contributed by atoms with Gasteiger partial charge in [0.15, 0.2) is 0 Å². The summed E-state index contributed by atoms with van der Waals surface area (Å²) in [4.78, 5) is 25.4. The number of rotatable bonds is 4. The molecular weight excluding hydrogens is 398 g/mol. The summed E-state index contributed by atoms with van der Waals surface area (Å²) in [6.07, 6.45) is 1.15. The van der Waals surface area contributed by atoms with Gasteiger partial charge in [-0.25, -0.2) is 4.98 Å². The molecule has 1 aliphatic rings. The third-order valence-corrected chi connectivity index (χ3v) is 5.97. The van der Waals surface area contributed by atoms with E-state index in [4.69, 9.17) is 11.6 Å². The van der Waals surface area contributed by atoms with Crippen molar-refractivity contribution in [3.63, 3.8) is 0 Å². The Bertz CT molecular complexity index is 1060. The van der Waals surface area contributed by atoms with Crippen molar-refractivity contribution in [1.29, 1.82) is 0 Å². The van der Waals surface area contributed by atoms with Crippen molar-refractivity contribution in [3.05, 3.63) is 58.4 Å². The van der Waals surface area contributed by atoms with Crippen LogP contribution in [0.3, 0.4) is 0 Å². The standard InChI is InChI=1S/C23H28ClN5O/c1-15-13-17(5-8-21(15)29-10-4-9-28(3)11-12-29)23(30)25-16(2)22-26-19-7-6-18(24)14-20(19)27-22/h5-8,13-14,16H,4,9-12H2,1-3H3,(H,25,30)(H,26,27)/t16-/m0/s1. The predicted octanol–water partition coefficient (Wildman–Crippen LogP) is 4.16. The number of aromatic amines is 1. The highest BCUT2D eigenvalue weighted by molar-refractivity contribution is 6.31. The topological polar surface area (TPSA) is 64.3 Å².